The summed E-state index contributed by atoms with van der Waals surface area (Å²) in [5.74, 6) is -1.43. The van der Waals surface area contributed by atoms with E-state index < -0.39 is 24.5 Å². The number of nitrogens with zero attached hydrogens (tertiary/aromatic N) is 3. The fourth-order valence-corrected chi connectivity index (χ4v) is 2.99. The van der Waals surface area contributed by atoms with Gasteiger partial charge < -0.3 is 10.1 Å². The van der Waals surface area contributed by atoms with E-state index >= 15 is 0 Å². The summed E-state index contributed by atoms with van der Waals surface area (Å²) in [7, 11) is 0. The average molecular weight is 423 g/mol. The molecule has 0 bridgehead atoms. The molecule has 2 aromatic heterocycles. The van der Waals surface area contributed by atoms with Crippen LogP contribution in [-0.2, 0) is 9.53 Å². The highest BCUT2D eigenvalue weighted by molar-refractivity contribution is 6.04. The van der Waals surface area contributed by atoms with Crippen molar-refractivity contribution in [2.75, 3.05) is 6.61 Å². The standard InChI is InChI=1S/C22H25N5O4/c1-13(2)24-22(30)26-19(28)12-31-21(29)16-10-18(15-8-6-5-7-9-15)25-20-17(16)11-23-27(20)14(3)4/h5-11,13-14H,12H2,1-4H3,(H2,24,26,28,30). The number of esters is 1. The smallest absolute Gasteiger partial charge is 0.339 e. The molecule has 0 saturated heterocycles. The van der Waals surface area contributed by atoms with Gasteiger partial charge in [0, 0.05) is 17.6 Å². The third-order valence-electron chi connectivity index (χ3n) is 4.35. The molecule has 0 aliphatic carbocycles. The number of nitrogens with one attached hydrogen (secondary N) is 2. The van der Waals surface area contributed by atoms with Crippen LogP contribution in [0.1, 0.15) is 44.1 Å². The quantitative estimate of drug-likeness (QED) is 0.589. The Morgan fingerprint density at radius 3 is 2.45 bits per heavy atom. The van der Waals surface area contributed by atoms with Crippen LogP contribution in [0.2, 0.25) is 0 Å². The van der Waals surface area contributed by atoms with Crippen LogP contribution in [0.5, 0.6) is 0 Å². The molecule has 0 aliphatic rings. The summed E-state index contributed by atoms with van der Waals surface area (Å²) in [5, 5.41) is 9.52. The first-order chi connectivity index (χ1) is 14.8. The minimum Gasteiger partial charge on any atom is -0.452 e. The van der Waals surface area contributed by atoms with Crippen molar-refractivity contribution in [2.45, 2.75) is 39.8 Å². The Bertz CT molecular complexity index is 1110. The number of benzene rings is 1. The van der Waals surface area contributed by atoms with Crippen LogP contribution in [0.4, 0.5) is 4.79 Å². The first-order valence-corrected chi connectivity index (χ1v) is 9.97. The van der Waals surface area contributed by atoms with Gasteiger partial charge in [-0.15, -0.1) is 0 Å². The highest BCUT2D eigenvalue weighted by Gasteiger charge is 2.20. The van der Waals surface area contributed by atoms with Crippen LogP contribution in [0, 0.1) is 0 Å². The number of amides is 3. The molecule has 0 spiro atoms. The van der Waals surface area contributed by atoms with Gasteiger partial charge in [0.15, 0.2) is 12.3 Å². The molecule has 162 valence electrons. The number of imide groups is 1. The Morgan fingerprint density at radius 1 is 1.10 bits per heavy atom. The lowest BCUT2D eigenvalue weighted by Crippen LogP contribution is -2.44. The molecule has 31 heavy (non-hydrogen) atoms. The molecular formula is C22H25N5O4. The van der Waals surface area contributed by atoms with Crippen LogP contribution < -0.4 is 10.6 Å². The van der Waals surface area contributed by atoms with Crippen molar-refractivity contribution >= 4 is 28.9 Å². The van der Waals surface area contributed by atoms with Gasteiger partial charge in [-0.3, -0.25) is 10.1 Å². The van der Waals surface area contributed by atoms with E-state index in [0.29, 0.717) is 16.7 Å². The van der Waals surface area contributed by atoms with E-state index in [-0.39, 0.29) is 17.6 Å². The highest BCUT2D eigenvalue weighted by Crippen LogP contribution is 2.26. The lowest BCUT2D eigenvalue weighted by molar-refractivity contribution is -0.123. The molecular weight excluding hydrogens is 398 g/mol. The van der Waals surface area contributed by atoms with Gasteiger partial charge in [-0.1, -0.05) is 30.3 Å². The summed E-state index contributed by atoms with van der Waals surface area (Å²) in [6.07, 6.45) is 1.56. The number of hydrogen-bond donors (Lipinski definition) is 2. The largest absolute Gasteiger partial charge is 0.452 e. The van der Waals surface area contributed by atoms with Crippen LogP contribution in [-0.4, -0.2) is 45.3 Å². The van der Waals surface area contributed by atoms with Gasteiger partial charge in [0.1, 0.15) is 0 Å². The summed E-state index contributed by atoms with van der Waals surface area (Å²) in [5.41, 5.74) is 2.21. The molecule has 9 heteroatoms. The second kappa shape index (κ2) is 9.38. The fraction of sp³-hybridized carbons (Fsp3) is 0.318. The van der Waals surface area contributed by atoms with E-state index in [1.165, 1.54) is 0 Å². The SMILES string of the molecule is CC(C)NC(=O)NC(=O)COC(=O)c1cc(-c2ccccc2)nc2c1cnn2C(C)C. The lowest BCUT2D eigenvalue weighted by Gasteiger charge is -2.11. The predicted molar refractivity (Wildman–Crippen MR) is 115 cm³/mol. The van der Waals surface area contributed by atoms with Crippen molar-refractivity contribution in [2.24, 2.45) is 0 Å². The Morgan fingerprint density at radius 2 is 1.81 bits per heavy atom. The van der Waals surface area contributed by atoms with Crippen LogP contribution in [0.3, 0.4) is 0 Å². The van der Waals surface area contributed by atoms with E-state index in [1.807, 2.05) is 44.2 Å². The number of urea groups is 1. The van der Waals surface area contributed by atoms with Crippen LogP contribution in [0.15, 0.2) is 42.6 Å². The molecule has 0 saturated carbocycles. The second-order valence-corrected chi connectivity index (χ2v) is 7.59. The maximum absolute atomic E-state index is 12.8. The number of aromatic nitrogens is 3. The fourth-order valence-electron chi connectivity index (χ4n) is 2.99. The molecule has 2 N–H and O–H groups in total. The number of rotatable bonds is 6. The Balaban J connectivity index is 1.87. The Hall–Kier alpha value is -3.75. The molecule has 0 aliphatic heterocycles. The van der Waals surface area contributed by atoms with Gasteiger partial charge >= 0.3 is 12.0 Å². The van der Waals surface area contributed by atoms with Crippen molar-refractivity contribution in [3.8, 4) is 11.3 Å². The molecule has 3 amide bonds. The summed E-state index contributed by atoms with van der Waals surface area (Å²) >= 11 is 0. The minimum absolute atomic E-state index is 0.0325. The van der Waals surface area contributed by atoms with E-state index in [0.717, 1.165) is 5.56 Å². The zero-order chi connectivity index (χ0) is 22.5. The summed E-state index contributed by atoms with van der Waals surface area (Å²) in [4.78, 5) is 41.1. The molecule has 3 rings (SSSR count). The third-order valence-corrected chi connectivity index (χ3v) is 4.35. The Labute approximate surface area is 179 Å². The molecule has 3 aromatic rings. The third kappa shape index (κ3) is 5.25. The summed E-state index contributed by atoms with van der Waals surface area (Å²) < 4.78 is 6.89. The van der Waals surface area contributed by atoms with Gasteiger partial charge in [-0.25, -0.2) is 19.3 Å². The molecule has 9 nitrogen and oxygen atoms in total. The molecule has 1 aromatic carbocycles. The molecule has 0 unspecified atom stereocenters. The van der Waals surface area contributed by atoms with Crippen molar-refractivity contribution in [1.29, 1.82) is 0 Å². The first-order valence-electron chi connectivity index (χ1n) is 9.97. The van der Waals surface area contributed by atoms with Gasteiger partial charge in [0.25, 0.3) is 5.91 Å². The van der Waals surface area contributed by atoms with Crippen molar-refractivity contribution in [3.05, 3.63) is 48.2 Å². The number of hydrogen-bond acceptors (Lipinski definition) is 6. The van der Waals surface area contributed by atoms with Gasteiger partial charge in [-0.2, -0.15) is 5.10 Å². The maximum atomic E-state index is 12.8. The van der Waals surface area contributed by atoms with E-state index in [9.17, 15) is 14.4 Å². The normalized spacial score (nSPS) is 11.0. The molecule has 2 heterocycles. The van der Waals surface area contributed by atoms with Gasteiger partial charge in [0.05, 0.1) is 22.8 Å². The van der Waals surface area contributed by atoms with Crippen molar-refractivity contribution in [3.63, 3.8) is 0 Å². The number of carbonyl (C=O) groups is 3. The number of ether oxygens (including phenoxy) is 1. The zero-order valence-corrected chi connectivity index (χ0v) is 17.9. The van der Waals surface area contributed by atoms with Crippen LogP contribution >= 0.6 is 0 Å². The predicted octanol–water partition coefficient (Wildman–Crippen LogP) is 3.07. The number of carbonyl (C=O) groups excluding carboxylic acids is 3. The summed E-state index contributed by atoms with van der Waals surface area (Å²) in [6.45, 7) is 6.87. The zero-order valence-electron chi connectivity index (χ0n) is 17.9. The Kier molecular flexibility index (Phi) is 6.64. The van der Waals surface area contributed by atoms with Gasteiger partial charge in [-0.05, 0) is 33.8 Å². The number of fused-ring (bicyclic) bond motifs is 1. The minimum atomic E-state index is -0.724. The number of pyridine rings is 1. The lowest BCUT2D eigenvalue weighted by atomic mass is 10.1. The first kappa shape index (κ1) is 21.9. The van der Waals surface area contributed by atoms with E-state index in [2.05, 4.69) is 15.7 Å². The van der Waals surface area contributed by atoms with E-state index in [4.69, 9.17) is 9.72 Å². The van der Waals surface area contributed by atoms with Gasteiger partial charge in [0.2, 0.25) is 0 Å². The molecule has 0 fully saturated rings. The molecule has 0 radical (unpaired) electrons. The maximum Gasteiger partial charge on any atom is 0.339 e. The van der Waals surface area contributed by atoms with Crippen LogP contribution in [0.25, 0.3) is 22.3 Å². The summed E-state index contributed by atoms with van der Waals surface area (Å²) in [6, 6.07) is 10.3. The monoisotopic (exact) mass is 423 g/mol. The second-order valence-electron chi connectivity index (χ2n) is 7.59. The average Bonchev–Trinajstić information content (AvgIpc) is 3.15. The molecule has 0 atom stereocenters. The topological polar surface area (TPSA) is 115 Å². The van der Waals surface area contributed by atoms with Crippen molar-refractivity contribution in [1.82, 2.24) is 25.4 Å². The van der Waals surface area contributed by atoms with Crippen molar-refractivity contribution < 1.29 is 19.1 Å². The van der Waals surface area contributed by atoms with E-state index in [1.54, 1.807) is 30.8 Å². The highest BCUT2D eigenvalue weighted by atomic mass is 16.5.